The smallest absolute Gasteiger partial charge is 0.266 e. The fraction of sp³-hybridized carbons (Fsp3) is 0.421. The van der Waals surface area contributed by atoms with Gasteiger partial charge in [-0.2, -0.15) is 5.10 Å². The largest absolute Gasteiger partial charge is 0.341 e. The molecule has 0 bridgehead atoms. The van der Waals surface area contributed by atoms with Crippen molar-refractivity contribution in [1.29, 1.82) is 0 Å². The summed E-state index contributed by atoms with van der Waals surface area (Å²) in [5, 5.41) is 5.58. The molecule has 0 aliphatic carbocycles. The highest BCUT2D eigenvalue weighted by molar-refractivity contribution is 7.15. The summed E-state index contributed by atoms with van der Waals surface area (Å²) in [6.45, 7) is 6.07. The Kier molecular flexibility index (Phi) is 5.17. The molecule has 1 aliphatic rings. The number of anilines is 1. The monoisotopic (exact) mass is 400 g/mol. The van der Waals surface area contributed by atoms with Crippen molar-refractivity contribution in [2.75, 3.05) is 18.0 Å². The maximum absolute atomic E-state index is 13.0. The molecular weight excluding hydrogens is 379 g/mol. The molecule has 3 aromatic heterocycles. The van der Waals surface area contributed by atoms with Gasteiger partial charge in [0, 0.05) is 25.7 Å². The first-order valence-corrected chi connectivity index (χ1v) is 10.1. The van der Waals surface area contributed by atoms with Crippen LogP contribution in [0.1, 0.15) is 23.5 Å². The number of hydrogen-bond acceptors (Lipinski definition) is 7. The normalized spacial score (nSPS) is 15.2. The van der Waals surface area contributed by atoms with E-state index in [-0.39, 0.29) is 5.56 Å². The molecule has 1 saturated heterocycles. The van der Waals surface area contributed by atoms with E-state index >= 15 is 0 Å². The minimum Gasteiger partial charge on any atom is -0.341 e. The molecule has 0 amide bonds. The zero-order chi connectivity index (χ0) is 19.7. The predicted molar refractivity (Wildman–Crippen MR) is 106 cm³/mol. The number of halogens is 1. The predicted octanol–water partition coefficient (Wildman–Crippen LogP) is 2.83. The summed E-state index contributed by atoms with van der Waals surface area (Å²) in [6, 6.07) is 3.35. The summed E-state index contributed by atoms with van der Waals surface area (Å²) >= 11 is 1.59. The number of rotatable bonds is 4. The standard InChI is InChI=1S/C19H21FN6OS/c1-12-18(28-13(2)23-12)16-3-4-17(27)26(24-16)11-14-5-7-25(8-6-14)19-21-9-15(20)10-22-19/h3-4,9-10,14H,5-8,11H2,1-2H3. The van der Waals surface area contributed by atoms with E-state index in [1.54, 1.807) is 28.2 Å². The summed E-state index contributed by atoms with van der Waals surface area (Å²) in [5.74, 6) is 0.463. The van der Waals surface area contributed by atoms with Crippen LogP contribution in [0.25, 0.3) is 10.6 Å². The quantitative estimate of drug-likeness (QED) is 0.670. The van der Waals surface area contributed by atoms with Gasteiger partial charge in [0.1, 0.15) is 5.69 Å². The summed E-state index contributed by atoms with van der Waals surface area (Å²) in [7, 11) is 0. The Morgan fingerprint density at radius 2 is 1.89 bits per heavy atom. The van der Waals surface area contributed by atoms with Crippen LogP contribution in [-0.4, -0.2) is 37.8 Å². The number of hydrogen-bond donors (Lipinski definition) is 0. The van der Waals surface area contributed by atoms with Gasteiger partial charge in [-0.25, -0.2) is 24.0 Å². The molecule has 4 rings (SSSR count). The summed E-state index contributed by atoms with van der Waals surface area (Å²) in [4.78, 5) is 27.9. The van der Waals surface area contributed by atoms with Gasteiger partial charge in [-0.3, -0.25) is 4.79 Å². The zero-order valence-corrected chi connectivity index (χ0v) is 16.6. The van der Waals surface area contributed by atoms with Crippen LogP contribution in [-0.2, 0) is 6.54 Å². The molecule has 1 fully saturated rings. The molecule has 0 N–H and O–H groups in total. The van der Waals surface area contributed by atoms with Crippen molar-refractivity contribution in [2.24, 2.45) is 5.92 Å². The van der Waals surface area contributed by atoms with Gasteiger partial charge in [0.25, 0.3) is 5.56 Å². The Labute approximate surface area is 165 Å². The van der Waals surface area contributed by atoms with Crippen molar-refractivity contribution in [1.82, 2.24) is 24.7 Å². The van der Waals surface area contributed by atoms with Crippen LogP contribution in [0.15, 0.2) is 29.3 Å². The second-order valence-corrected chi connectivity index (χ2v) is 8.22. The molecular formula is C19H21FN6OS. The highest BCUT2D eigenvalue weighted by Gasteiger charge is 2.22. The molecule has 0 saturated carbocycles. The molecule has 0 unspecified atom stereocenters. The molecule has 9 heteroatoms. The first kappa shape index (κ1) is 18.7. The maximum Gasteiger partial charge on any atom is 0.266 e. The number of piperidine rings is 1. The number of aryl methyl sites for hydroxylation is 2. The van der Waals surface area contributed by atoms with Gasteiger partial charge in [-0.15, -0.1) is 11.3 Å². The average molecular weight is 400 g/mol. The van der Waals surface area contributed by atoms with E-state index in [1.165, 1.54) is 12.4 Å². The molecule has 7 nitrogen and oxygen atoms in total. The van der Waals surface area contributed by atoms with Crippen LogP contribution >= 0.6 is 11.3 Å². The number of nitrogens with zero attached hydrogens (tertiary/aromatic N) is 6. The van der Waals surface area contributed by atoms with Gasteiger partial charge in [0.05, 0.1) is 28.0 Å². The van der Waals surface area contributed by atoms with Crippen LogP contribution in [0.2, 0.25) is 0 Å². The van der Waals surface area contributed by atoms with Crippen LogP contribution in [0.5, 0.6) is 0 Å². The Morgan fingerprint density at radius 1 is 1.18 bits per heavy atom. The number of aromatic nitrogens is 5. The van der Waals surface area contributed by atoms with Crippen molar-refractivity contribution >= 4 is 17.3 Å². The van der Waals surface area contributed by atoms with Crippen molar-refractivity contribution in [3.63, 3.8) is 0 Å². The maximum atomic E-state index is 13.0. The van der Waals surface area contributed by atoms with Crippen molar-refractivity contribution in [3.8, 4) is 10.6 Å². The highest BCUT2D eigenvalue weighted by Crippen LogP contribution is 2.27. The Bertz CT molecular complexity index is 1020. The molecule has 4 heterocycles. The third kappa shape index (κ3) is 3.94. The fourth-order valence-electron chi connectivity index (χ4n) is 3.50. The van der Waals surface area contributed by atoms with Crippen molar-refractivity contribution in [2.45, 2.75) is 33.2 Å². The number of thiazole rings is 1. The Hall–Kier alpha value is -2.68. The van der Waals surface area contributed by atoms with Crippen LogP contribution in [0.4, 0.5) is 10.3 Å². The molecule has 146 valence electrons. The fourth-order valence-corrected chi connectivity index (χ4v) is 4.38. The van der Waals surface area contributed by atoms with E-state index in [0.29, 0.717) is 18.4 Å². The Balaban J connectivity index is 1.45. The minimum absolute atomic E-state index is 0.0908. The first-order valence-electron chi connectivity index (χ1n) is 9.24. The molecule has 3 aromatic rings. The minimum atomic E-state index is -0.435. The molecule has 0 atom stereocenters. The van der Waals surface area contributed by atoms with E-state index < -0.39 is 5.82 Å². The van der Waals surface area contributed by atoms with Crippen LogP contribution in [0, 0.1) is 25.6 Å². The van der Waals surface area contributed by atoms with E-state index in [1.807, 2.05) is 18.7 Å². The van der Waals surface area contributed by atoms with Gasteiger partial charge in [-0.05, 0) is 38.7 Å². The topological polar surface area (TPSA) is 76.8 Å². The first-order chi connectivity index (χ1) is 13.5. The van der Waals surface area contributed by atoms with Gasteiger partial charge in [0.2, 0.25) is 5.95 Å². The SMILES string of the molecule is Cc1nc(C)c(-c2ccc(=O)n(CC3CCN(c4ncc(F)cn4)CC3)n2)s1. The zero-order valence-electron chi connectivity index (χ0n) is 15.8. The lowest BCUT2D eigenvalue weighted by Crippen LogP contribution is -2.37. The van der Waals surface area contributed by atoms with E-state index in [9.17, 15) is 9.18 Å². The van der Waals surface area contributed by atoms with Gasteiger partial charge >= 0.3 is 0 Å². The van der Waals surface area contributed by atoms with E-state index in [0.717, 1.165) is 47.2 Å². The van der Waals surface area contributed by atoms with Gasteiger partial charge < -0.3 is 4.90 Å². The molecule has 0 radical (unpaired) electrons. The lowest BCUT2D eigenvalue weighted by molar-refractivity contribution is 0.334. The molecule has 0 spiro atoms. The average Bonchev–Trinajstić information content (AvgIpc) is 3.03. The summed E-state index contributed by atoms with van der Waals surface area (Å²) in [5.41, 5.74) is 1.64. The molecule has 0 aromatic carbocycles. The Morgan fingerprint density at radius 3 is 2.54 bits per heavy atom. The molecule has 28 heavy (non-hydrogen) atoms. The lowest BCUT2D eigenvalue weighted by Gasteiger charge is -2.31. The summed E-state index contributed by atoms with van der Waals surface area (Å²) in [6.07, 6.45) is 4.18. The van der Waals surface area contributed by atoms with Crippen molar-refractivity contribution in [3.05, 3.63) is 51.4 Å². The van der Waals surface area contributed by atoms with Gasteiger partial charge in [-0.1, -0.05) is 0 Å². The second kappa shape index (κ2) is 7.75. The lowest BCUT2D eigenvalue weighted by atomic mass is 9.97. The third-order valence-corrected chi connectivity index (χ3v) is 6.03. The van der Waals surface area contributed by atoms with E-state index in [4.69, 9.17) is 0 Å². The summed E-state index contributed by atoms with van der Waals surface area (Å²) < 4.78 is 14.6. The van der Waals surface area contributed by atoms with Gasteiger partial charge in [0.15, 0.2) is 5.82 Å². The highest BCUT2D eigenvalue weighted by atomic mass is 32.1. The van der Waals surface area contributed by atoms with Crippen LogP contribution < -0.4 is 10.5 Å². The second-order valence-electron chi connectivity index (χ2n) is 7.02. The van der Waals surface area contributed by atoms with Crippen LogP contribution in [0.3, 0.4) is 0 Å². The molecule has 1 aliphatic heterocycles. The third-order valence-electron chi connectivity index (χ3n) is 4.94. The van der Waals surface area contributed by atoms with E-state index in [2.05, 4.69) is 20.1 Å². The van der Waals surface area contributed by atoms with Crippen molar-refractivity contribution < 1.29 is 4.39 Å².